The molecule has 0 aliphatic heterocycles. The van der Waals surface area contributed by atoms with Crippen molar-refractivity contribution in [2.24, 2.45) is 0 Å². The molecule has 0 fully saturated rings. The van der Waals surface area contributed by atoms with Gasteiger partial charge in [-0.3, -0.25) is 9.20 Å². The van der Waals surface area contributed by atoms with E-state index >= 15 is 0 Å². The van der Waals surface area contributed by atoms with Gasteiger partial charge >= 0.3 is 0 Å². The maximum absolute atomic E-state index is 13.3. The van der Waals surface area contributed by atoms with Crippen molar-refractivity contribution in [3.8, 4) is 11.3 Å². The Balaban J connectivity index is 1.57. The van der Waals surface area contributed by atoms with Crippen molar-refractivity contribution in [1.29, 1.82) is 0 Å². The van der Waals surface area contributed by atoms with Crippen molar-refractivity contribution in [3.05, 3.63) is 77.8 Å². The second-order valence-corrected chi connectivity index (χ2v) is 6.85. The number of benzene rings is 2. The summed E-state index contributed by atoms with van der Waals surface area (Å²) in [5.74, 6) is 0.0324. The van der Waals surface area contributed by atoms with Gasteiger partial charge in [-0.2, -0.15) is 0 Å². The van der Waals surface area contributed by atoms with E-state index in [0.717, 1.165) is 10.3 Å². The van der Waals surface area contributed by atoms with E-state index in [9.17, 15) is 9.18 Å². The number of para-hydroxylation sites is 1. The Kier molecular flexibility index (Phi) is 3.54. The fraction of sp³-hybridized carbons (Fsp3) is 0. The molecule has 0 atom stereocenters. The normalized spacial score (nSPS) is 11.3. The highest BCUT2D eigenvalue weighted by Gasteiger charge is 2.20. The number of rotatable bonds is 3. The van der Waals surface area contributed by atoms with Crippen LogP contribution < -0.4 is 5.32 Å². The average Bonchev–Trinajstić information content (AvgIpc) is 3.37. The van der Waals surface area contributed by atoms with Gasteiger partial charge in [-0.05, 0) is 36.4 Å². The molecular formula is C20H12FN3O2S. The van der Waals surface area contributed by atoms with E-state index in [0.29, 0.717) is 22.7 Å². The van der Waals surface area contributed by atoms with Crippen LogP contribution in [0.25, 0.3) is 27.2 Å². The SMILES string of the molecule is O=C(Nc1c(-c2ccc(F)cc2)nc2sccn12)c1cc2ccccc2o1. The highest BCUT2D eigenvalue weighted by atomic mass is 32.1. The molecule has 0 bridgehead atoms. The molecule has 5 rings (SSSR count). The lowest BCUT2D eigenvalue weighted by atomic mass is 10.1. The standard InChI is InChI=1S/C20H12FN3O2S/c21-14-7-5-12(6-8-14)17-18(24-9-10-27-20(24)22-17)23-19(25)16-11-13-3-1-2-4-15(13)26-16/h1-11H,(H,23,25). The molecular weight excluding hydrogens is 365 g/mol. The zero-order valence-corrected chi connectivity index (χ0v) is 14.7. The van der Waals surface area contributed by atoms with Crippen LogP contribution >= 0.6 is 11.3 Å². The number of halogens is 1. The molecule has 3 heterocycles. The predicted octanol–water partition coefficient (Wildman–Crippen LogP) is 5.20. The molecule has 3 aromatic heterocycles. The highest BCUT2D eigenvalue weighted by Crippen LogP contribution is 2.31. The third-order valence-corrected chi connectivity index (χ3v) is 5.02. The number of aromatic nitrogens is 2. The molecule has 5 nitrogen and oxygen atoms in total. The van der Waals surface area contributed by atoms with E-state index in [1.54, 1.807) is 22.6 Å². The Bertz CT molecular complexity index is 1250. The van der Waals surface area contributed by atoms with Gasteiger partial charge < -0.3 is 9.73 Å². The van der Waals surface area contributed by atoms with Gasteiger partial charge in [-0.25, -0.2) is 9.37 Å². The summed E-state index contributed by atoms with van der Waals surface area (Å²) in [5, 5.41) is 5.63. The van der Waals surface area contributed by atoms with Crippen molar-refractivity contribution < 1.29 is 13.6 Å². The number of furan rings is 1. The lowest BCUT2D eigenvalue weighted by molar-refractivity contribution is 0.0998. The average molecular weight is 377 g/mol. The first-order valence-electron chi connectivity index (χ1n) is 8.20. The molecule has 1 amide bonds. The monoisotopic (exact) mass is 377 g/mol. The minimum Gasteiger partial charge on any atom is -0.451 e. The van der Waals surface area contributed by atoms with Gasteiger partial charge in [0.25, 0.3) is 5.91 Å². The topological polar surface area (TPSA) is 59.5 Å². The molecule has 0 saturated carbocycles. The fourth-order valence-corrected chi connectivity index (χ4v) is 3.69. The Morgan fingerprint density at radius 2 is 1.96 bits per heavy atom. The van der Waals surface area contributed by atoms with Crippen LogP contribution in [0.5, 0.6) is 0 Å². The van der Waals surface area contributed by atoms with Gasteiger partial charge in [0.2, 0.25) is 0 Å². The number of anilines is 1. The van der Waals surface area contributed by atoms with Crippen molar-refractivity contribution in [1.82, 2.24) is 9.38 Å². The van der Waals surface area contributed by atoms with E-state index < -0.39 is 0 Å². The smallest absolute Gasteiger partial charge is 0.292 e. The lowest BCUT2D eigenvalue weighted by Gasteiger charge is -2.05. The van der Waals surface area contributed by atoms with Gasteiger partial charge in [-0.15, -0.1) is 11.3 Å². The van der Waals surface area contributed by atoms with Crippen molar-refractivity contribution in [3.63, 3.8) is 0 Å². The number of nitrogens with zero attached hydrogens (tertiary/aromatic N) is 2. The number of fused-ring (bicyclic) bond motifs is 2. The summed E-state index contributed by atoms with van der Waals surface area (Å²) in [6.07, 6.45) is 1.83. The molecule has 27 heavy (non-hydrogen) atoms. The van der Waals surface area contributed by atoms with Crippen LogP contribution in [0.15, 0.2) is 70.6 Å². The summed E-state index contributed by atoms with van der Waals surface area (Å²) < 4.78 is 20.7. The van der Waals surface area contributed by atoms with Crippen LogP contribution in [0.1, 0.15) is 10.6 Å². The number of carbonyl (C=O) groups excluding carboxylic acids is 1. The second-order valence-electron chi connectivity index (χ2n) is 5.97. The number of carbonyl (C=O) groups is 1. The molecule has 2 aromatic carbocycles. The zero-order valence-electron chi connectivity index (χ0n) is 13.8. The highest BCUT2D eigenvalue weighted by molar-refractivity contribution is 7.15. The third-order valence-electron chi connectivity index (χ3n) is 4.26. The second kappa shape index (κ2) is 6.07. The molecule has 0 aliphatic carbocycles. The summed E-state index contributed by atoms with van der Waals surface area (Å²) in [6.45, 7) is 0. The van der Waals surface area contributed by atoms with Gasteiger partial charge in [0.05, 0.1) is 0 Å². The van der Waals surface area contributed by atoms with Gasteiger partial charge in [0.1, 0.15) is 22.9 Å². The molecule has 0 spiro atoms. The molecule has 7 heteroatoms. The van der Waals surface area contributed by atoms with Crippen LogP contribution in [-0.2, 0) is 0 Å². The minimum absolute atomic E-state index is 0.214. The number of hydrogen-bond acceptors (Lipinski definition) is 4. The van der Waals surface area contributed by atoms with E-state index in [4.69, 9.17) is 4.42 Å². The first-order chi connectivity index (χ1) is 13.2. The van der Waals surface area contributed by atoms with Crippen LogP contribution in [0.3, 0.4) is 0 Å². The Morgan fingerprint density at radius 1 is 1.15 bits per heavy atom. The van der Waals surface area contributed by atoms with Crippen molar-refractivity contribution in [2.45, 2.75) is 0 Å². The number of thiazole rings is 1. The van der Waals surface area contributed by atoms with Gasteiger partial charge in [0, 0.05) is 22.5 Å². The first kappa shape index (κ1) is 15.8. The molecule has 0 aliphatic rings. The van der Waals surface area contributed by atoms with Gasteiger partial charge in [0.15, 0.2) is 10.7 Å². The number of nitrogens with one attached hydrogen (secondary N) is 1. The van der Waals surface area contributed by atoms with Crippen LogP contribution in [0.2, 0.25) is 0 Å². The van der Waals surface area contributed by atoms with Crippen molar-refractivity contribution in [2.75, 3.05) is 5.32 Å². The summed E-state index contributed by atoms with van der Waals surface area (Å²) in [5.41, 5.74) is 1.94. The van der Waals surface area contributed by atoms with Crippen LogP contribution in [0.4, 0.5) is 10.2 Å². The number of imidazole rings is 1. The predicted molar refractivity (Wildman–Crippen MR) is 103 cm³/mol. The summed E-state index contributed by atoms with van der Waals surface area (Å²) >= 11 is 1.45. The first-order valence-corrected chi connectivity index (χ1v) is 9.08. The van der Waals surface area contributed by atoms with Crippen molar-refractivity contribution >= 4 is 39.0 Å². The van der Waals surface area contributed by atoms with Gasteiger partial charge in [-0.1, -0.05) is 18.2 Å². The molecule has 1 N–H and O–H groups in total. The molecule has 0 unspecified atom stereocenters. The largest absolute Gasteiger partial charge is 0.451 e. The molecule has 0 radical (unpaired) electrons. The summed E-state index contributed by atoms with van der Waals surface area (Å²) in [6, 6.07) is 15.2. The zero-order chi connectivity index (χ0) is 18.4. The Labute approximate surface area is 156 Å². The van der Waals surface area contributed by atoms with E-state index in [2.05, 4.69) is 10.3 Å². The van der Waals surface area contributed by atoms with E-state index in [-0.39, 0.29) is 17.5 Å². The van der Waals surface area contributed by atoms with E-state index in [1.807, 2.05) is 35.8 Å². The molecule has 132 valence electrons. The molecule has 5 aromatic rings. The lowest BCUT2D eigenvalue weighted by Crippen LogP contribution is -2.13. The molecule has 0 saturated heterocycles. The van der Waals surface area contributed by atoms with E-state index in [1.165, 1.54) is 23.5 Å². The minimum atomic E-state index is -0.373. The fourth-order valence-electron chi connectivity index (χ4n) is 2.98. The Hall–Kier alpha value is -3.45. The maximum atomic E-state index is 13.3. The van der Waals surface area contributed by atoms with Crippen LogP contribution in [0, 0.1) is 5.82 Å². The maximum Gasteiger partial charge on any atom is 0.292 e. The van der Waals surface area contributed by atoms with Crippen LogP contribution in [-0.4, -0.2) is 15.3 Å². The summed E-state index contributed by atoms with van der Waals surface area (Å²) in [4.78, 5) is 18.1. The summed E-state index contributed by atoms with van der Waals surface area (Å²) in [7, 11) is 0. The number of hydrogen-bond donors (Lipinski definition) is 1. The Morgan fingerprint density at radius 3 is 2.78 bits per heavy atom. The number of amides is 1. The quantitative estimate of drug-likeness (QED) is 0.470. The third kappa shape index (κ3) is 2.69.